The first kappa shape index (κ1) is 15.8. The number of hydrogen-bond donors (Lipinski definition) is 2. The second kappa shape index (κ2) is 6.45. The summed E-state index contributed by atoms with van der Waals surface area (Å²) in [4.78, 5) is 0. The summed E-state index contributed by atoms with van der Waals surface area (Å²) in [7, 11) is 0. The van der Waals surface area contributed by atoms with Crippen molar-refractivity contribution in [2.24, 2.45) is 0 Å². The lowest BCUT2D eigenvalue weighted by Crippen LogP contribution is -2.19. The van der Waals surface area contributed by atoms with Gasteiger partial charge in [0.1, 0.15) is 0 Å². The maximum absolute atomic E-state index is 12.4. The number of nitriles is 1. The van der Waals surface area contributed by atoms with E-state index >= 15 is 0 Å². The van der Waals surface area contributed by atoms with Crippen LogP contribution < -0.4 is 10.6 Å². The maximum Gasteiger partial charge on any atom is 0.416 e. The number of benzene rings is 2. The molecule has 2 aromatic carbocycles. The third-order valence-electron chi connectivity index (χ3n) is 2.74. The lowest BCUT2D eigenvalue weighted by molar-refractivity contribution is -0.137. The van der Waals surface area contributed by atoms with Crippen LogP contribution >= 0.6 is 12.2 Å². The number of anilines is 2. The van der Waals surface area contributed by atoms with E-state index in [-0.39, 0.29) is 5.11 Å². The summed E-state index contributed by atoms with van der Waals surface area (Å²) >= 11 is 5.08. The van der Waals surface area contributed by atoms with E-state index in [1.165, 1.54) is 12.1 Å². The summed E-state index contributed by atoms with van der Waals surface area (Å²) in [6.45, 7) is 0. The molecule has 0 bridgehead atoms. The summed E-state index contributed by atoms with van der Waals surface area (Å²) in [6, 6.07) is 13.2. The van der Waals surface area contributed by atoms with E-state index < -0.39 is 11.7 Å². The second-order valence-electron chi connectivity index (χ2n) is 4.34. The molecule has 3 nitrogen and oxygen atoms in total. The Morgan fingerprint density at radius 3 is 1.77 bits per heavy atom. The largest absolute Gasteiger partial charge is 0.416 e. The lowest BCUT2D eigenvalue weighted by Gasteiger charge is -2.12. The second-order valence-corrected chi connectivity index (χ2v) is 4.75. The standard InChI is InChI=1S/C15H10F3N3S/c16-15(17,18)11-3-7-13(8-4-11)21-14(22)20-12-5-1-10(9-19)2-6-12/h1-8H,(H2,20,21,22). The summed E-state index contributed by atoms with van der Waals surface area (Å²) < 4.78 is 37.3. The zero-order valence-electron chi connectivity index (χ0n) is 11.1. The van der Waals surface area contributed by atoms with Gasteiger partial charge in [-0.1, -0.05) is 0 Å². The van der Waals surface area contributed by atoms with Crippen molar-refractivity contribution in [2.45, 2.75) is 6.18 Å². The van der Waals surface area contributed by atoms with Crippen molar-refractivity contribution in [3.05, 3.63) is 59.7 Å². The summed E-state index contributed by atoms with van der Waals surface area (Å²) in [5.74, 6) is 0. The maximum atomic E-state index is 12.4. The molecule has 0 fully saturated rings. The molecule has 0 aromatic heterocycles. The van der Waals surface area contributed by atoms with E-state index in [0.29, 0.717) is 16.9 Å². The molecule has 2 rings (SSSR count). The molecule has 0 unspecified atom stereocenters. The van der Waals surface area contributed by atoms with Gasteiger partial charge in [-0.05, 0) is 60.7 Å². The Bertz CT molecular complexity index is 701. The first-order valence-electron chi connectivity index (χ1n) is 6.14. The fourth-order valence-corrected chi connectivity index (χ4v) is 1.90. The van der Waals surface area contributed by atoms with E-state index in [9.17, 15) is 13.2 Å². The van der Waals surface area contributed by atoms with E-state index in [1.807, 2.05) is 6.07 Å². The van der Waals surface area contributed by atoms with Gasteiger partial charge in [0.2, 0.25) is 0 Å². The normalized spacial score (nSPS) is 10.6. The Kier molecular flexibility index (Phi) is 4.63. The van der Waals surface area contributed by atoms with Crippen LogP contribution in [0.4, 0.5) is 24.5 Å². The fraction of sp³-hybridized carbons (Fsp3) is 0.0667. The van der Waals surface area contributed by atoms with Gasteiger partial charge in [0, 0.05) is 11.4 Å². The average Bonchev–Trinajstić information content (AvgIpc) is 2.47. The van der Waals surface area contributed by atoms with Crippen molar-refractivity contribution in [3.63, 3.8) is 0 Å². The van der Waals surface area contributed by atoms with Crippen LogP contribution in [-0.2, 0) is 6.18 Å². The topological polar surface area (TPSA) is 47.9 Å². The van der Waals surface area contributed by atoms with Gasteiger partial charge in [-0.3, -0.25) is 0 Å². The highest BCUT2D eigenvalue weighted by molar-refractivity contribution is 7.80. The Morgan fingerprint density at radius 2 is 1.36 bits per heavy atom. The first-order chi connectivity index (χ1) is 10.4. The highest BCUT2D eigenvalue weighted by Crippen LogP contribution is 2.29. The molecule has 0 atom stereocenters. The molecule has 0 saturated heterocycles. The van der Waals surface area contributed by atoms with E-state index in [2.05, 4.69) is 10.6 Å². The molecule has 0 aliphatic carbocycles. The van der Waals surface area contributed by atoms with Crippen LogP contribution in [0.15, 0.2) is 48.5 Å². The summed E-state index contributed by atoms with van der Waals surface area (Å²) in [6.07, 6.45) is -4.36. The zero-order valence-corrected chi connectivity index (χ0v) is 11.9. The fourth-order valence-electron chi connectivity index (χ4n) is 1.66. The van der Waals surface area contributed by atoms with Crippen LogP contribution in [0.25, 0.3) is 0 Å². The molecule has 0 amide bonds. The van der Waals surface area contributed by atoms with E-state index in [4.69, 9.17) is 17.5 Å². The van der Waals surface area contributed by atoms with Gasteiger partial charge < -0.3 is 10.6 Å². The van der Waals surface area contributed by atoms with Crippen molar-refractivity contribution < 1.29 is 13.2 Å². The number of nitrogens with one attached hydrogen (secondary N) is 2. The molecule has 0 radical (unpaired) electrons. The highest BCUT2D eigenvalue weighted by Gasteiger charge is 2.29. The number of halogens is 3. The van der Waals surface area contributed by atoms with Crippen molar-refractivity contribution in [1.29, 1.82) is 5.26 Å². The van der Waals surface area contributed by atoms with Gasteiger partial charge in [-0.2, -0.15) is 18.4 Å². The molecule has 7 heteroatoms. The smallest absolute Gasteiger partial charge is 0.332 e. The Labute approximate surface area is 130 Å². The van der Waals surface area contributed by atoms with Crippen LogP contribution in [0.2, 0.25) is 0 Å². The van der Waals surface area contributed by atoms with Crippen LogP contribution in [0, 0.1) is 11.3 Å². The van der Waals surface area contributed by atoms with Gasteiger partial charge in [0.15, 0.2) is 5.11 Å². The minimum Gasteiger partial charge on any atom is -0.332 e. The molecule has 0 aliphatic heterocycles. The van der Waals surface area contributed by atoms with Crippen molar-refractivity contribution >= 4 is 28.7 Å². The molecular weight excluding hydrogens is 311 g/mol. The minimum absolute atomic E-state index is 0.240. The van der Waals surface area contributed by atoms with Crippen molar-refractivity contribution in [2.75, 3.05) is 10.6 Å². The molecule has 2 aromatic rings. The molecule has 22 heavy (non-hydrogen) atoms. The van der Waals surface area contributed by atoms with Crippen LogP contribution in [0.3, 0.4) is 0 Å². The molecule has 0 aliphatic rings. The molecule has 112 valence electrons. The first-order valence-corrected chi connectivity index (χ1v) is 6.55. The number of alkyl halides is 3. The van der Waals surface area contributed by atoms with Crippen molar-refractivity contribution in [3.8, 4) is 6.07 Å². The minimum atomic E-state index is -4.36. The van der Waals surface area contributed by atoms with Gasteiger partial charge >= 0.3 is 6.18 Å². The quantitative estimate of drug-likeness (QED) is 0.806. The number of nitrogens with zero attached hydrogens (tertiary/aromatic N) is 1. The Hall–Kier alpha value is -2.59. The summed E-state index contributed by atoms with van der Waals surface area (Å²) in [5, 5.41) is 14.6. The Morgan fingerprint density at radius 1 is 0.909 bits per heavy atom. The third-order valence-corrected chi connectivity index (χ3v) is 2.95. The zero-order chi connectivity index (χ0) is 16.2. The number of thiocarbonyl (C=S) groups is 1. The number of rotatable bonds is 2. The lowest BCUT2D eigenvalue weighted by atomic mass is 10.2. The molecule has 0 spiro atoms. The van der Waals surface area contributed by atoms with Gasteiger partial charge in [-0.25, -0.2) is 0 Å². The Balaban J connectivity index is 1.98. The van der Waals surface area contributed by atoms with Gasteiger partial charge in [0.05, 0.1) is 17.2 Å². The molecule has 0 heterocycles. The van der Waals surface area contributed by atoms with E-state index in [1.54, 1.807) is 24.3 Å². The van der Waals surface area contributed by atoms with Crippen LogP contribution in [-0.4, -0.2) is 5.11 Å². The predicted octanol–water partition coefficient (Wildman–Crippen LogP) is 4.39. The average molecular weight is 321 g/mol. The van der Waals surface area contributed by atoms with E-state index in [0.717, 1.165) is 12.1 Å². The van der Waals surface area contributed by atoms with Gasteiger partial charge in [-0.15, -0.1) is 0 Å². The van der Waals surface area contributed by atoms with Crippen LogP contribution in [0.5, 0.6) is 0 Å². The molecule has 2 N–H and O–H groups in total. The monoisotopic (exact) mass is 321 g/mol. The van der Waals surface area contributed by atoms with Gasteiger partial charge in [0.25, 0.3) is 0 Å². The van der Waals surface area contributed by atoms with Crippen LogP contribution in [0.1, 0.15) is 11.1 Å². The molecule has 0 saturated carbocycles. The van der Waals surface area contributed by atoms with Crippen molar-refractivity contribution in [1.82, 2.24) is 0 Å². The highest BCUT2D eigenvalue weighted by atomic mass is 32.1. The molecular formula is C15H10F3N3S. The summed E-state index contributed by atoms with van der Waals surface area (Å²) in [5.41, 5.74) is 0.916. The number of hydrogen-bond acceptors (Lipinski definition) is 2. The third kappa shape index (κ3) is 4.20. The SMILES string of the molecule is N#Cc1ccc(NC(=S)Nc2ccc(C(F)(F)F)cc2)cc1. The predicted molar refractivity (Wildman–Crippen MR) is 82.4 cm³/mol.